The zero-order chi connectivity index (χ0) is 12.0. The summed E-state index contributed by atoms with van der Waals surface area (Å²) < 4.78 is 0. The molecule has 0 aromatic heterocycles. The van der Waals surface area contributed by atoms with Crippen LogP contribution in [0.3, 0.4) is 0 Å². The highest BCUT2D eigenvalue weighted by Crippen LogP contribution is 2.17. The smallest absolute Gasteiger partial charge is 0.245 e. The molecule has 0 saturated heterocycles. The second-order valence-corrected chi connectivity index (χ2v) is 4.03. The third-order valence-corrected chi connectivity index (χ3v) is 2.46. The summed E-state index contributed by atoms with van der Waals surface area (Å²) in [7, 11) is 0. The fourth-order valence-corrected chi connectivity index (χ4v) is 1.60. The number of carbonyl (C=O) groups excluding carboxylic acids is 1. The Labute approximate surface area is 105 Å². The van der Waals surface area contributed by atoms with Gasteiger partial charge < -0.3 is 0 Å². The Hall–Kier alpha value is -1.05. The van der Waals surface area contributed by atoms with Crippen molar-refractivity contribution in [1.29, 1.82) is 0 Å². The van der Waals surface area contributed by atoms with Gasteiger partial charge in [0.2, 0.25) is 5.24 Å². The van der Waals surface area contributed by atoms with Gasteiger partial charge in [-0.1, -0.05) is 42.8 Å². The highest BCUT2D eigenvalue weighted by molar-refractivity contribution is 6.66. The van der Waals surface area contributed by atoms with Crippen molar-refractivity contribution < 1.29 is 4.79 Å². The van der Waals surface area contributed by atoms with E-state index in [4.69, 9.17) is 23.2 Å². The van der Waals surface area contributed by atoms with E-state index in [9.17, 15) is 4.79 Å². The number of aryl methyl sites for hydroxylation is 1. The van der Waals surface area contributed by atoms with E-state index in [-0.39, 0.29) is 0 Å². The predicted molar refractivity (Wildman–Crippen MR) is 69.9 cm³/mol. The van der Waals surface area contributed by atoms with E-state index < -0.39 is 5.24 Å². The van der Waals surface area contributed by atoms with Crippen molar-refractivity contribution in [3.63, 3.8) is 0 Å². The van der Waals surface area contributed by atoms with Crippen molar-refractivity contribution in [2.75, 3.05) is 0 Å². The molecule has 0 saturated carbocycles. The summed E-state index contributed by atoms with van der Waals surface area (Å²) >= 11 is 11.1. The lowest BCUT2D eigenvalue weighted by molar-refractivity contribution is -0.107. The average molecular weight is 255 g/mol. The summed E-state index contributed by atoms with van der Waals surface area (Å²) in [5, 5.41) is 0.261. The van der Waals surface area contributed by atoms with Gasteiger partial charge in [0.1, 0.15) is 0 Å². The molecule has 1 aromatic carbocycles. The lowest BCUT2D eigenvalue weighted by Crippen LogP contribution is -1.85. The van der Waals surface area contributed by atoms with Crippen LogP contribution < -0.4 is 0 Å². The van der Waals surface area contributed by atoms with Gasteiger partial charge in [0.25, 0.3) is 0 Å². The minimum Gasteiger partial charge on any atom is -0.276 e. The van der Waals surface area contributed by atoms with Gasteiger partial charge >= 0.3 is 0 Å². The van der Waals surface area contributed by atoms with Crippen molar-refractivity contribution in [2.45, 2.75) is 13.3 Å². The van der Waals surface area contributed by atoms with Crippen LogP contribution in [-0.4, -0.2) is 5.24 Å². The molecule has 0 spiro atoms. The fourth-order valence-electron chi connectivity index (χ4n) is 1.33. The lowest BCUT2D eigenvalue weighted by atomic mass is 10.0. The van der Waals surface area contributed by atoms with Crippen LogP contribution in [0.2, 0.25) is 5.02 Å². The van der Waals surface area contributed by atoms with Crippen LogP contribution in [0.1, 0.15) is 18.1 Å². The Balaban J connectivity index is 2.84. The van der Waals surface area contributed by atoms with Crippen LogP contribution in [0.25, 0.3) is 6.08 Å². The maximum atomic E-state index is 10.5. The van der Waals surface area contributed by atoms with E-state index >= 15 is 0 Å². The topological polar surface area (TPSA) is 17.1 Å². The van der Waals surface area contributed by atoms with E-state index in [2.05, 4.69) is 6.92 Å². The van der Waals surface area contributed by atoms with E-state index in [0.29, 0.717) is 0 Å². The quantitative estimate of drug-likeness (QED) is 0.447. The van der Waals surface area contributed by atoms with Gasteiger partial charge in [-0.25, -0.2) is 0 Å². The van der Waals surface area contributed by atoms with Crippen LogP contribution in [-0.2, 0) is 11.2 Å². The van der Waals surface area contributed by atoms with Crippen molar-refractivity contribution in [2.24, 2.45) is 0 Å². The maximum absolute atomic E-state index is 10.5. The largest absolute Gasteiger partial charge is 0.276 e. The third kappa shape index (κ3) is 4.21. The summed E-state index contributed by atoms with van der Waals surface area (Å²) in [6.07, 6.45) is 7.54. The van der Waals surface area contributed by atoms with Crippen LogP contribution in [0.5, 0.6) is 0 Å². The van der Waals surface area contributed by atoms with Crippen LogP contribution in [0.15, 0.2) is 36.4 Å². The van der Waals surface area contributed by atoms with Gasteiger partial charge in [-0.15, -0.1) is 0 Å². The predicted octanol–water partition coefficient (Wildman–Crippen LogP) is 4.24. The molecule has 0 aliphatic heterocycles. The Morgan fingerprint density at radius 2 is 2.12 bits per heavy atom. The molecular weight excluding hydrogens is 243 g/mol. The molecule has 0 fully saturated rings. The molecule has 0 aliphatic rings. The molecule has 0 radical (unpaired) electrons. The second kappa shape index (κ2) is 6.51. The summed E-state index contributed by atoms with van der Waals surface area (Å²) in [5.74, 6) is 0. The molecule has 0 bridgehead atoms. The summed E-state index contributed by atoms with van der Waals surface area (Å²) in [4.78, 5) is 10.5. The number of hydrogen-bond donors (Lipinski definition) is 0. The van der Waals surface area contributed by atoms with Gasteiger partial charge in [-0.2, -0.15) is 0 Å². The van der Waals surface area contributed by atoms with Gasteiger partial charge in [0.05, 0.1) is 0 Å². The van der Waals surface area contributed by atoms with E-state index in [1.165, 1.54) is 11.6 Å². The number of benzene rings is 1. The fraction of sp³-hybridized carbons (Fsp3) is 0.154. The molecule has 0 N–H and O–H groups in total. The summed E-state index contributed by atoms with van der Waals surface area (Å²) in [5.41, 5.74) is 2.27. The molecule has 3 heteroatoms. The lowest BCUT2D eigenvalue weighted by Gasteiger charge is -2.02. The number of carbonyl (C=O) groups is 1. The molecule has 1 rings (SSSR count). The van der Waals surface area contributed by atoms with Crippen molar-refractivity contribution >= 4 is 34.5 Å². The SMILES string of the molecule is CCc1cc(Cl)ccc1/C=C/C=C/C(=O)Cl. The minimum absolute atomic E-state index is 0.475. The maximum Gasteiger partial charge on any atom is 0.245 e. The standard InChI is InChI=1S/C13H12Cl2O/c1-2-10-9-12(14)8-7-11(10)5-3-4-6-13(15)16/h3-9H,2H2,1H3/b5-3+,6-4+. The first-order valence-corrected chi connectivity index (χ1v) is 5.71. The number of hydrogen-bond acceptors (Lipinski definition) is 1. The van der Waals surface area contributed by atoms with E-state index in [1.54, 1.807) is 12.2 Å². The Kier molecular flexibility index (Phi) is 5.30. The molecule has 0 heterocycles. The molecule has 0 amide bonds. The molecule has 0 aliphatic carbocycles. The number of rotatable bonds is 4. The Morgan fingerprint density at radius 3 is 2.75 bits per heavy atom. The first-order valence-electron chi connectivity index (χ1n) is 4.96. The molecule has 0 unspecified atom stereocenters. The highest BCUT2D eigenvalue weighted by Gasteiger charge is 1.97. The van der Waals surface area contributed by atoms with Gasteiger partial charge in [0.15, 0.2) is 0 Å². The first-order chi connectivity index (χ1) is 7.63. The monoisotopic (exact) mass is 254 g/mol. The molecule has 16 heavy (non-hydrogen) atoms. The first kappa shape index (κ1) is 13.0. The number of allylic oxidation sites excluding steroid dienone is 3. The highest BCUT2D eigenvalue weighted by atomic mass is 35.5. The normalized spacial score (nSPS) is 11.4. The van der Waals surface area contributed by atoms with Gasteiger partial charge in [-0.05, 0) is 47.4 Å². The van der Waals surface area contributed by atoms with Gasteiger partial charge in [-0.3, -0.25) is 4.79 Å². The van der Waals surface area contributed by atoms with Crippen molar-refractivity contribution in [1.82, 2.24) is 0 Å². The average Bonchev–Trinajstić information content (AvgIpc) is 2.25. The molecule has 1 aromatic rings. The molecule has 84 valence electrons. The summed E-state index contributed by atoms with van der Waals surface area (Å²) in [6.45, 7) is 2.07. The Morgan fingerprint density at radius 1 is 1.38 bits per heavy atom. The van der Waals surface area contributed by atoms with Crippen LogP contribution in [0, 0.1) is 0 Å². The van der Waals surface area contributed by atoms with E-state index in [0.717, 1.165) is 17.0 Å². The van der Waals surface area contributed by atoms with Gasteiger partial charge in [0, 0.05) is 5.02 Å². The third-order valence-electron chi connectivity index (χ3n) is 2.10. The molecular formula is C13H12Cl2O. The Bertz CT molecular complexity index is 434. The second-order valence-electron chi connectivity index (χ2n) is 3.22. The zero-order valence-electron chi connectivity index (χ0n) is 8.91. The van der Waals surface area contributed by atoms with E-state index in [1.807, 2.05) is 24.3 Å². The van der Waals surface area contributed by atoms with Crippen molar-refractivity contribution in [3.8, 4) is 0 Å². The molecule has 1 nitrogen and oxygen atoms in total. The summed E-state index contributed by atoms with van der Waals surface area (Å²) in [6, 6.07) is 5.74. The van der Waals surface area contributed by atoms with Crippen molar-refractivity contribution in [3.05, 3.63) is 52.6 Å². The zero-order valence-corrected chi connectivity index (χ0v) is 10.4. The van der Waals surface area contributed by atoms with Crippen LogP contribution in [0.4, 0.5) is 0 Å². The minimum atomic E-state index is -0.475. The van der Waals surface area contributed by atoms with Crippen LogP contribution >= 0.6 is 23.2 Å². The number of halogens is 2. The molecule has 0 atom stereocenters.